The van der Waals surface area contributed by atoms with Gasteiger partial charge in [-0.2, -0.15) is 0 Å². The Kier molecular flexibility index (Phi) is 10.9. The van der Waals surface area contributed by atoms with Crippen LogP contribution in [0.1, 0.15) is 51.2 Å². The molecule has 1 heterocycles. The first-order valence-electron chi connectivity index (χ1n) is 12.2. The Morgan fingerprint density at radius 2 is 1.72 bits per heavy atom. The average Bonchev–Trinajstić information content (AvgIpc) is 3.16. The average molecular weight is 497 g/mol. The Labute approximate surface area is 212 Å². The second kappa shape index (κ2) is 13.9. The fourth-order valence-electron chi connectivity index (χ4n) is 3.93. The number of nitrogens with one attached hydrogen (secondary N) is 3. The van der Waals surface area contributed by atoms with E-state index in [2.05, 4.69) is 16.0 Å². The number of hydrogen-bond acceptors (Lipinski definition) is 4. The normalized spacial score (nSPS) is 15.4. The van der Waals surface area contributed by atoms with Crippen LogP contribution in [0.2, 0.25) is 0 Å². The monoisotopic (exact) mass is 496 g/mol. The zero-order valence-corrected chi connectivity index (χ0v) is 21.3. The third kappa shape index (κ3) is 8.72. The molecule has 9 nitrogen and oxygen atoms in total. The quantitative estimate of drug-likeness (QED) is 0.410. The Balaban J connectivity index is 0.00000222. The summed E-state index contributed by atoms with van der Waals surface area (Å²) in [5.74, 6) is -1.78. The predicted octanol–water partition coefficient (Wildman–Crippen LogP) is 4.38. The van der Waals surface area contributed by atoms with Crippen molar-refractivity contribution in [2.45, 2.75) is 59.5 Å². The van der Waals surface area contributed by atoms with Crippen molar-refractivity contribution in [2.75, 3.05) is 17.2 Å². The Morgan fingerprint density at radius 3 is 2.36 bits per heavy atom. The first-order valence-corrected chi connectivity index (χ1v) is 12.2. The van der Waals surface area contributed by atoms with E-state index in [1.54, 1.807) is 24.0 Å². The van der Waals surface area contributed by atoms with E-state index in [4.69, 9.17) is 5.11 Å². The van der Waals surface area contributed by atoms with Crippen LogP contribution in [0, 0.1) is 12.8 Å². The van der Waals surface area contributed by atoms with Gasteiger partial charge in [0.25, 0.3) is 0 Å². The number of carboxylic acid groups (broad SMARTS) is 1. The van der Waals surface area contributed by atoms with Crippen LogP contribution in [-0.2, 0) is 20.9 Å². The summed E-state index contributed by atoms with van der Waals surface area (Å²) in [5.41, 5.74) is 3.25. The fraction of sp³-hybridized carbons (Fsp3) is 0.407. The maximum Gasteiger partial charge on any atom is 0.323 e. The van der Waals surface area contributed by atoms with E-state index < -0.39 is 17.9 Å². The second-order valence-corrected chi connectivity index (χ2v) is 8.61. The Hall–Kier alpha value is -3.88. The van der Waals surface area contributed by atoms with Crippen molar-refractivity contribution in [1.82, 2.24) is 10.2 Å². The predicted molar refractivity (Wildman–Crippen MR) is 140 cm³/mol. The molecule has 0 spiro atoms. The highest BCUT2D eigenvalue weighted by atomic mass is 16.4. The molecular weight excluding hydrogens is 460 g/mol. The molecule has 4 N–H and O–H groups in total. The number of para-hydroxylation sites is 1. The smallest absolute Gasteiger partial charge is 0.323 e. The number of amides is 4. The fourth-order valence-corrected chi connectivity index (χ4v) is 3.93. The van der Waals surface area contributed by atoms with Crippen molar-refractivity contribution < 1.29 is 24.3 Å². The highest BCUT2D eigenvalue weighted by Gasteiger charge is 2.33. The highest BCUT2D eigenvalue weighted by Crippen LogP contribution is 2.24. The summed E-state index contributed by atoms with van der Waals surface area (Å²) in [4.78, 5) is 49.5. The molecule has 0 bridgehead atoms. The van der Waals surface area contributed by atoms with Gasteiger partial charge in [-0.25, -0.2) is 4.79 Å². The number of rotatable bonds is 9. The molecular formula is C27H36N4O5. The number of carboxylic acids is 1. The summed E-state index contributed by atoms with van der Waals surface area (Å²) >= 11 is 0. The summed E-state index contributed by atoms with van der Waals surface area (Å²) in [6.07, 6.45) is 0.477. The van der Waals surface area contributed by atoms with Gasteiger partial charge in [0.05, 0.1) is 6.42 Å². The topological polar surface area (TPSA) is 128 Å². The molecule has 0 radical (unpaired) electrons. The van der Waals surface area contributed by atoms with Gasteiger partial charge in [0.2, 0.25) is 11.8 Å². The molecule has 0 saturated carbocycles. The molecule has 36 heavy (non-hydrogen) atoms. The number of carbonyl (C=O) groups excluding carboxylic acids is 3. The SMILES string of the molecule is CC.Cc1ccccc1NC(=O)Nc1ccc(CN2CCC(CC(=O)N[C@H](C)CC(=O)O)C2=O)cc1. The minimum absolute atomic E-state index is 0.0537. The lowest BCUT2D eigenvalue weighted by Gasteiger charge is -2.18. The van der Waals surface area contributed by atoms with E-state index >= 15 is 0 Å². The maximum atomic E-state index is 12.7. The van der Waals surface area contributed by atoms with Crippen molar-refractivity contribution >= 4 is 35.2 Å². The molecule has 1 aliphatic rings. The van der Waals surface area contributed by atoms with E-state index in [1.165, 1.54) is 0 Å². The molecule has 4 amide bonds. The summed E-state index contributed by atoms with van der Waals surface area (Å²) < 4.78 is 0. The first-order chi connectivity index (χ1) is 17.2. The van der Waals surface area contributed by atoms with Crippen LogP contribution >= 0.6 is 0 Å². The second-order valence-electron chi connectivity index (χ2n) is 8.61. The summed E-state index contributed by atoms with van der Waals surface area (Å²) in [7, 11) is 0. The van der Waals surface area contributed by atoms with Gasteiger partial charge in [-0.1, -0.05) is 44.2 Å². The van der Waals surface area contributed by atoms with Crippen molar-refractivity contribution in [3.63, 3.8) is 0 Å². The van der Waals surface area contributed by atoms with Crippen molar-refractivity contribution in [3.05, 3.63) is 59.7 Å². The number of likely N-dealkylation sites (tertiary alicyclic amines) is 1. The van der Waals surface area contributed by atoms with Gasteiger partial charge in [-0.15, -0.1) is 0 Å². The Morgan fingerprint density at radius 1 is 1.06 bits per heavy atom. The third-order valence-corrected chi connectivity index (χ3v) is 5.71. The molecule has 0 aliphatic carbocycles. The lowest BCUT2D eigenvalue weighted by Crippen LogP contribution is -2.36. The van der Waals surface area contributed by atoms with Crippen LogP contribution in [-0.4, -0.2) is 46.4 Å². The van der Waals surface area contributed by atoms with Gasteiger partial charge in [0, 0.05) is 42.8 Å². The highest BCUT2D eigenvalue weighted by molar-refractivity contribution is 6.00. The van der Waals surface area contributed by atoms with Crippen LogP contribution in [0.15, 0.2) is 48.5 Å². The van der Waals surface area contributed by atoms with Gasteiger partial charge >= 0.3 is 12.0 Å². The number of benzene rings is 2. The number of carbonyl (C=O) groups is 4. The maximum absolute atomic E-state index is 12.7. The molecule has 1 aliphatic heterocycles. The van der Waals surface area contributed by atoms with Crippen LogP contribution in [0.3, 0.4) is 0 Å². The van der Waals surface area contributed by atoms with Crippen LogP contribution < -0.4 is 16.0 Å². The summed E-state index contributed by atoms with van der Waals surface area (Å²) in [5, 5.41) is 17.0. The Bertz CT molecular complexity index is 1050. The lowest BCUT2D eigenvalue weighted by molar-refractivity contribution is -0.138. The van der Waals surface area contributed by atoms with Crippen LogP contribution in [0.4, 0.5) is 16.2 Å². The number of nitrogens with zero attached hydrogens (tertiary/aromatic N) is 1. The number of anilines is 2. The minimum atomic E-state index is -0.982. The van der Waals surface area contributed by atoms with Crippen LogP contribution in [0.5, 0.6) is 0 Å². The largest absolute Gasteiger partial charge is 0.481 e. The van der Waals surface area contributed by atoms with Gasteiger partial charge in [-0.05, 0) is 49.6 Å². The van der Waals surface area contributed by atoms with E-state index in [-0.39, 0.29) is 30.7 Å². The number of aryl methyl sites for hydroxylation is 1. The minimum Gasteiger partial charge on any atom is -0.481 e. The van der Waals surface area contributed by atoms with E-state index in [9.17, 15) is 19.2 Å². The van der Waals surface area contributed by atoms with Crippen molar-refractivity contribution in [1.29, 1.82) is 0 Å². The van der Waals surface area contributed by atoms with Crippen molar-refractivity contribution in [2.24, 2.45) is 5.92 Å². The molecule has 2 atom stereocenters. The van der Waals surface area contributed by atoms with Gasteiger partial charge in [-0.3, -0.25) is 14.4 Å². The van der Waals surface area contributed by atoms with Gasteiger partial charge < -0.3 is 26.0 Å². The lowest BCUT2D eigenvalue weighted by atomic mass is 10.0. The molecule has 0 aromatic heterocycles. The van der Waals surface area contributed by atoms with Gasteiger partial charge in [0.15, 0.2) is 0 Å². The van der Waals surface area contributed by atoms with Crippen molar-refractivity contribution in [3.8, 4) is 0 Å². The van der Waals surface area contributed by atoms with Gasteiger partial charge in [0.1, 0.15) is 0 Å². The first kappa shape index (κ1) is 28.4. The zero-order chi connectivity index (χ0) is 26.7. The third-order valence-electron chi connectivity index (χ3n) is 5.71. The van der Waals surface area contributed by atoms with E-state index in [1.807, 2.05) is 57.2 Å². The number of urea groups is 1. The number of hydrogen-bond donors (Lipinski definition) is 4. The molecule has 1 saturated heterocycles. The summed E-state index contributed by atoms with van der Waals surface area (Å²) in [6, 6.07) is 14.0. The van der Waals surface area contributed by atoms with E-state index in [0.717, 1.165) is 16.8 Å². The molecule has 2 aromatic carbocycles. The molecule has 3 rings (SSSR count). The molecule has 1 unspecified atom stereocenters. The summed E-state index contributed by atoms with van der Waals surface area (Å²) in [6.45, 7) is 8.52. The zero-order valence-electron chi connectivity index (χ0n) is 21.3. The molecule has 9 heteroatoms. The molecule has 2 aromatic rings. The number of aliphatic carboxylic acids is 1. The molecule has 1 fully saturated rings. The standard InChI is InChI=1S/C25H30N4O5.C2H6/c1-16-5-3-4-6-21(16)28-25(34)27-20-9-7-18(8-10-20)15-29-12-11-19(24(29)33)14-22(30)26-17(2)13-23(31)32;1-2/h3-10,17,19H,11-15H2,1-2H3,(H,26,30)(H,31,32)(H2,27,28,34);1-2H3/t17-,19?;/m1./s1. The molecule has 194 valence electrons. The van der Waals surface area contributed by atoms with E-state index in [0.29, 0.717) is 25.2 Å². The van der Waals surface area contributed by atoms with Crippen LogP contribution in [0.25, 0.3) is 0 Å².